The second kappa shape index (κ2) is 6.41. The van der Waals surface area contributed by atoms with Crippen LogP contribution >= 0.6 is 0 Å². The van der Waals surface area contributed by atoms with E-state index in [1.807, 2.05) is 19.2 Å². The van der Waals surface area contributed by atoms with Gasteiger partial charge in [-0.05, 0) is 6.92 Å². The zero-order valence-electron chi connectivity index (χ0n) is 13.1. The average Bonchev–Trinajstić information content (AvgIpc) is 3.16. The second-order valence-corrected chi connectivity index (χ2v) is 5.45. The Bertz CT molecular complexity index is 616. The third-order valence-corrected chi connectivity index (χ3v) is 3.89. The first-order chi connectivity index (χ1) is 10.7. The van der Waals surface area contributed by atoms with Crippen molar-refractivity contribution in [2.24, 2.45) is 0 Å². The number of nitrogens with one attached hydrogen (secondary N) is 1. The van der Waals surface area contributed by atoms with Gasteiger partial charge in [-0.2, -0.15) is 0 Å². The van der Waals surface area contributed by atoms with Gasteiger partial charge >= 0.3 is 0 Å². The molecule has 118 valence electrons. The summed E-state index contributed by atoms with van der Waals surface area (Å²) in [5, 5.41) is 0. The van der Waals surface area contributed by atoms with Crippen LogP contribution in [0.25, 0.3) is 0 Å². The van der Waals surface area contributed by atoms with Gasteiger partial charge in [-0.1, -0.05) is 0 Å². The summed E-state index contributed by atoms with van der Waals surface area (Å²) in [5.74, 6) is 2.51. The minimum Gasteiger partial charge on any atom is -0.380 e. The molecule has 1 aliphatic rings. The molecule has 0 radical (unpaired) electrons. The molecular formula is C15H21N5O2. The van der Waals surface area contributed by atoms with Crippen LogP contribution in [0.5, 0.6) is 0 Å². The quantitative estimate of drug-likeness (QED) is 0.904. The lowest BCUT2D eigenvalue weighted by Crippen LogP contribution is -2.27. The van der Waals surface area contributed by atoms with Gasteiger partial charge in [-0.3, -0.25) is 0 Å². The summed E-state index contributed by atoms with van der Waals surface area (Å²) in [4.78, 5) is 18.9. The van der Waals surface area contributed by atoms with E-state index in [2.05, 4.69) is 24.8 Å². The molecule has 2 aromatic rings. The molecule has 1 N–H and O–H groups in total. The van der Waals surface area contributed by atoms with Crippen molar-refractivity contribution in [2.45, 2.75) is 32.1 Å². The summed E-state index contributed by atoms with van der Waals surface area (Å²) in [7, 11) is 3.39. The minimum atomic E-state index is 0.129. The number of methoxy groups -OCH3 is 2. The highest BCUT2D eigenvalue weighted by Crippen LogP contribution is 2.35. The lowest BCUT2D eigenvalue weighted by atomic mass is 10.2. The van der Waals surface area contributed by atoms with Crippen LogP contribution in [0.4, 0.5) is 5.82 Å². The molecule has 2 atom stereocenters. The number of hydrogen-bond donors (Lipinski definition) is 1. The maximum atomic E-state index is 5.55. The van der Waals surface area contributed by atoms with Crippen LogP contribution in [0.1, 0.15) is 29.8 Å². The Balaban J connectivity index is 1.94. The van der Waals surface area contributed by atoms with Crippen molar-refractivity contribution in [3.8, 4) is 0 Å². The van der Waals surface area contributed by atoms with E-state index in [1.54, 1.807) is 20.4 Å². The van der Waals surface area contributed by atoms with Crippen molar-refractivity contribution < 1.29 is 9.47 Å². The lowest BCUT2D eigenvalue weighted by molar-refractivity contribution is 0.118. The number of imidazole rings is 1. The Labute approximate surface area is 129 Å². The third kappa shape index (κ3) is 2.95. The first kappa shape index (κ1) is 14.9. The van der Waals surface area contributed by atoms with E-state index >= 15 is 0 Å². The predicted molar refractivity (Wildman–Crippen MR) is 81.6 cm³/mol. The van der Waals surface area contributed by atoms with Crippen molar-refractivity contribution in [1.82, 2.24) is 19.9 Å². The zero-order valence-corrected chi connectivity index (χ0v) is 13.1. The van der Waals surface area contributed by atoms with E-state index in [-0.39, 0.29) is 12.1 Å². The fourth-order valence-electron chi connectivity index (χ4n) is 2.89. The van der Waals surface area contributed by atoms with Gasteiger partial charge in [-0.25, -0.2) is 15.0 Å². The number of rotatable bonds is 5. The molecule has 2 aromatic heterocycles. The molecule has 0 unspecified atom stereocenters. The second-order valence-electron chi connectivity index (χ2n) is 5.45. The molecule has 1 fully saturated rings. The largest absolute Gasteiger partial charge is 0.380 e. The number of nitrogens with zero attached hydrogens (tertiary/aromatic N) is 4. The van der Waals surface area contributed by atoms with Crippen LogP contribution < -0.4 is 4.90 Å². The van der Waals surface area contributed by atoms with Crippen molar-refractivity contribution in [3.63, 3.8) is 0 Å². The highest BCUT2D eigenvalue weighted by molar-refractivity contribution is 5.44. The van der Waals surface area contributed by atoms with Gasteiger partial charge in [0.1, 0.15) is 18.2 Å². The molecule has 1 saturated heterocycles. The van der Waals surface area contributed by atoms with E-state index in [0.29, 0.717) is 12.4 Å². The van der Waals surface area contributed by atoms with Gasteiger partial charge in [0, 0.05) is 51.3 Å². The Morgan fingerprint density at radius 3 is 2.91 bits per heavy atom. The highest BCUT2D eigenvalue weighted by Gasteiger charge is 2.35. The molecule has 0 amide bonds. The zero-order chi connectivity index (χ0) is 15.5. The van der Waals surface area contributed by atoms with Gasteiger partial charge in [0.25, 0.3) is 0 Å². The molecule has 3 rings (SSSR count). The molecule has 0 spiro atoms. The Kier molecular flexibility index (Phi) is 4.35. The Morgan fingerprint density at radius 1 is 1.36 bits per heavy atom. The Hall–Kier alpha value is -1.99. The van der Waals surface area contributed by atoms with Gasteiger partial charge < -0.3 is 19.4 Å². The van der Waals surface area contributed by atoms with Gasteiger partial charge in [0.2, 0.25) is 0 Å². The standard InChI is InChI=1S/C15H21N5O2/c1-10-6-14(19-13(18-10)9-21-2)20-8-11(22-3)7-12(20)15-16-4-5-17-15/h4-6,11-12H,7-9H2,1-3H3,(H,16,17)/t11-,12+/m1/s1. The summed E-state index contributed by atoms with van der Waals surface area (Å²) in [6, 6.07) is 2.12. The Morgan fingerprint density at radius 2 is 2.23 bits per heavy atom. The smallest absolute Gasteiger partial charge is 0.156 e. The number of aryl methyl sites for hydroxylation is 1. The highest BCUT2D eigenvalue weighted by atomic mass is 16.5. The number of anilines is 1. The maximum absolute atomic E-state index is 5.55. The molecule has 7 nitrogen and oxygen atoms in total. The summed E-state index contributed by atoms with van der Waals surface area (Å²) >= 11 is 0. The molecule has 0 bridgehead atoms. The summed E-state index contributed by atoms with van der Waals surface area (Å²) in [6.45, 7) is 3.16. The van der Waals surface area contributed by atoms with Crippen molar-refractivity contribution in [2.75, 3.05) is 25.7 Å². The topological polar surface area (TPSA) is 76.2 Å². The van der Waals surface area contributed by atoms with Crippen molar-refractivity contribution >= 4 is 5.82 Å². The number of aromatic nitrogens is 4. The van der Waals surface area contributed by atoms with E-state index in [0.717, 1.165) is 30.3 Å². The molecule has 7 heteroatoms. The SMILES string of the molecule is COCc1nc(C)cc(N2C[C@H](OC)C[C@H]2c2ncc[nH]2)n1. The first-order valence-electron chi connectivity index (χ1n) is 7.33. The normalized spacial score (nSPS) is 21.5. The maximum Gasteiger partial charge on any atom is 0.156 e. The van der Waals surface area contributed by atoms with E-state index in [1.165, 1.54) is 0 Å². The minimum absolute atomic E-state index is 0.129. The fourth-order valence-corrected chi connectivity index (χ4v) is 2.89. The summed E-state index contributed by atoms with van der Waals surface area (Å²) in [6.07, 6.45) is 4.66. The number of aromatic amines is 1. The van der Waals surface area contributed by atoms with E-state index < -0.39 is 0 Å². The van der Waals surface area contributed by atoms with Gasteiger partial charge in [0.15, 0.2) is 5.82 Å². The van der Waals surface area contributed by atoms with Crippen LogP contribution in [0.15, 0.2) is 18.5 Å². The predicted octanol–water partition coefficient (Wildman–Crippen LogP) is 1.62. The van der Waals surface area contributed by atoms with Crippen LogP contribution in [0, 0.1) is 6.92 Å². The first-order valence-corrected chi connectivity index (χ1v) is 7.33. The van der Waals surface area contributed by atoms with Crippen LogP contribution in [-0.4, -0.2) is 46.8 Å². The van der Waals surface area contributed by atoms with Crippen LogP contribution in [0.3, 0.4) is 0 Å². The molecule has 1 aliphatic heterocycles. The number of hydrogen-bond acceptors (Lipinski definition) is 6. The number of H-pyrrole nitrogens is 1. The monoisotopic (exact) mass is 303 g/mol. The van der Waals surface area contributed by atoms with Crippen molar-refractivity contribution in [3.05, 3.63) is 35.8 Å². The average molecular weight is 303 g/mol. The molecular weight excluding hydrogens is 282 g/mol. The van der Waals surface area contributed by atoms with Crippen LogP contribution in [0.2, 0.25) is 0 Å². The van der Waals surface area contributed by atoms with Crippen LogP contribution in [-0.2, 0) is 16.1 Å². The lowest BCUT2D eigenvalue weighted by Gasteiger charge is -2.24. The fraction of sp³-hybridized carbons (Fsp3) is 0.533. The third-order valence-electron chi connectivity index (χ3n) is 3.89. The van der Waals surface area contributed by atoms with E-state index in [9.17, 15) is 0 Å². The van der Waals surface area contributed by atoms with Gasteiger partial charge in [0.05, 0.1) is 12.1 Å². The van der Waals surface area contributed by atoms with Gasteiger partial charge in [-0.15, -0.1) is 0 Å². The molecule has 0 saturated carbocycles. The number of ether oxygens (including phenoxy) is 2. The molecule has 3 heterocycles. The van der Waals surface area contributed by atoms with E-state index in [4.69, 9.17) is 9.47 Å². The molecule has 0 aliphatic carbocycles. The molecule has 22 heavy (non-hydrogen) atoms. The summed E-state index contributed by atoms with van der Waals surface area (Å²) < 4.78 is 10.7. The summed E-state index contributed by atoms with van der Waals surface area (Å²) in [5.41, 5.74) is 0.927. The van der Waals surface area contributed by atoms with Crippen molar-refractivity contribution in [1.29, 1.82) is 0 Å². The molecule has 0 aromatic carbocycles.